The van der Waals surface area contributed by atoms with Gasteiger partial charge in [-0.25, -0.2) is 9.78 Å². The molecule has 2 heterocycles. The number of ether oxygens (including phenoxy) is 1. The number of nitrogen functional groups attached to an aromatic ring is 1. The third kappa shape index (κ3) is 1.88. The highest BCUT2D eigenvalue weighted by Gasteiger charge is 2.20. The Morgan fingerprint density at radius 3 is 2.94 bits per heavy atom. The number of aromatic nitrogens is 2. The first-order valence-corrected chi connectivity index (χ1v) is 6.36. The van der Waals surface area contributed by atoms with Crippen molar-refractivity contribution >= 4 is 28.1 Å². The van der Waals surface area contributed by atoms with Crippen LogP contribution in [0.5, 0.6) is 0 Å². The number of thiazole rings is 1. The second-order valence-corrected chi connectivity index (χ2v) is 4.83. The molecule has 0 aliphatic rings. The van der Waals surface area contributed by atoms with Crippen LogP contribution in [0.1, 0.15) is 42.9 Å². The molecule has 0 fully saturated rings. The fourth-order valence-corrected chi connectivity index (χ4v) is 2.54. The van der Waals surface area contributed by atoms with Crippen molar-refractivity contribution in [3.05, 3.63) is 16.8 Å². The number of nitrogens with two attached hydrogens (primary N) is 1. The van der Waals surface area contributed by atoms with Crippen molar-refractivity contribution < 1.29 is 9.53 Å². The number of rotatable bonds is 3. The molecule has 0 amide bonds. The Hall–Kier alpha value is -1.56. The molecule has 0 spiro atoms. The maximum Gasteiger partial charge on any atom is 0.356 e. The predicted octanol–water partition coefficient (Wildman–Crippen LogP) is 2.28. The normalized spacial score (nSPS) is 11.3. The second kappa shape index (κ2) is 4.37. The van der Waals surface area contributed by atoms with Crippen LogP contribution in [-0.4, -0.2) is 22.0 Å². The second-order valence-electron chi connectivity index (χ2n) is 4.00. The minimum absolute atomic E-state index is 0.233. The van der Waals surface area contributed by atoms with Crippen LogP contribution in [0.25, 0.3) is 4.96 Å². The molecule has 0 saturated heterocycles. The first-order valence-electron chi connectivity index (χ1n) is 5.48. The molecule has 5 nitrogen and oxygen atoms in total. The van der Waals surface area contributed by atoms with Crippen molar-refractivity contribution in [1.82, 2.24) is 9.38 Å². The van der Waals surface area contributed by atoms with Gasteiger partial charge in [0, 0.05) is 5.38 Å². The summed E-state index contributed by atoms with van der Waals surface area (Å²) in [4.78, 5) is 16.9. The molecule has 92 valence electrons. The fourth-order valence-electron chi connectivity index (χ4n) is 1.67. The van der Waals surface area contributed by atoms with Gasteiger partial charge in [-0.2, -0.15) is 0 Å². The molecule has 2 aromatic heterocycles. The SMILES string of the molecule is CCOC(=O)c1csc2nc(C(C)C)c(N)n12. The van der Waals surface area contributed by atoms with Crippen molar-refractivity contribution in [2.24, 2.45) is 0 Å². The summed E-state index contributed by atoms with van der Waals surface area (Å²) in [6.45, 7) is 6.17. The molecule has 2 N–H and O–H groups in total. The van der Waals surface area contributed by atoms with E-state index in [0.29, 0.717) is 18.1 Å². The molecular weight excluding hydrogens is 238 g/mol. The zero-order chi connectivity index (χ0) is 12.6. The van der Waals surface area contributed by atoms with Crippen LogP contribution in [0, 0.1) is 0 Å². The average Bonchev–Trinajstić information content (AvgIpc) is 2.79. The Kier molecular flexibility index (Phi) is 3.06. The lowest BCUT2D eigenvalue weighted by atomic mass is 10.1. The van der Waals surface area contributed by atoms with E-state index in [1.165, 1.54) is 11.3 Å². The summed E-state index contributed by atoms with van der Waals surface area (Å²) >= 11 is 1.39. The monoisotopic (exact) mass is 253 g/mol. The Bertz CT molecular complexity index is 556. The maximum absolute atomic E-state index is 11.7. The molecule has 0 radical (unpaired) electrons. The number of hydrogen-bond acceptors (Lipinski definition) is 5. The van der Waals surface area contributed by atoms with Crippen LogP contribution in [0.3, 0.4) is 0 Å². The van der Waals surface area contributed by atoms with E-state index in [2.05, 4.69) is 4.98 Å². The van der Waals surface area contributed by atoms with E-state index < -0.39 is 0 Å². The van der Waals surface area contributed by atoms with Crippen LogP contribution in [0.4, 0.5) is 5.82 Å². The molecule has 6 heteroatoms. The third-order valence-corrected chi connectivity index (χ3v) is 3.28. The quantitative estimate of drug-likeness (QED) is 0.852. The number of esters is 1. The van der Waals surface area contributed by atoms with Gasteiger partial charge >= 0.3 is 5.97 Å². The first kappa shape index (κ1) is 11.9. The summed E-state index contributed by atoms with van der Waals surface area (Å²) in [6.07, 6.45) is 0. The van der Waals surface area contributed by atoms with Crippen LogP contribution >= 0.6 is 11.3 Å². The summed E-state index contributed by atoms with van der Waals surface area (Å²) in [5.74, 6) is 0.398. The molecule has 0 aliphatic heterocycles. The lowest BCUT2D eigenvalue weighted by molar-refractivity contribution is 0.0519. The smallest absolute Gasteiger partial charge is 0.356 e. The Balaban J connectivity index is 2.55. The summed E-state index contributed by atoms with van der Waals surface area (Å²) < 4.78 is 6.65. The van der Waals surface area contributed by atoms with Gasteiger partial charge in [0.25, 0.3) is 0 Å². The summed E-state index contributed by atoms with van der Waals surface area (Å²) in [5.41, 5.74) is 7.29. The van der Waals surface area contributed by atoms with Gasteiger partial charge in [-0.05, 0) is 12.8 Å². The molecule has 2 rings (SSSR count). The molecule has 17 heavy (non-hydrogen) atoms. The van der Waals surface area contributed by atoms with Gasteiger partial charge in [-0.3, -0.25) is 4.40 Å². The van der Waals surface area contributed by atoms with Gasteiger partial charge in [0.15, 0.2) is 4.96 Å². The van der Waals surface area contributed by atoms with Crippen molar-refractivity contribution in [3.8, 4) is 0 Å². The van der Waals surface area contributed by atoms with E-state index in [0.717, 1.165) is 10.7 Å². The predicted molar refractivity (Wildman–Crippen MR) is 67.5 cm³/mol. The maximum atomic E-state index is 11.7. The van der Waals surface area contributed by atoms with Crippen molar-refractivity contribution in [1.29, 1.82) is 0 Å². The lowest BCUT2D eigenvalue weighted by Crippen LogP contribution is -2.09. The zero-order valence-electron chi connectivity index (χ0n) is 10.1. The fraction of sp³-hybridized carbons (Fsp3) is 0.455. The molecule has 0 saturated carbocycles. The van der Waals surface area contributed by atoms with E-state index in [4.69, 9.17) is 10.5 Å². The molecule has 0 aliphatic carbocycles. The number of fused-ring (bicyclic) bond motifs is 1. The molecule has 0 bridgehead atoms. The van der Waals surface area contributed by atoms with Gasteiger partial charge in [0.1, 0.15) is 11.5 Å². The van der Waals surface area contributed by atoms with Crippen molar-refractivity contribution in [3.63, 3.8) is 0 Å². The largest absolute Gasteiger partial charge is 0.461 e. The summed E-state index contributed by atoms with van der Waals surface area (Å²) in [7, 11) is 0. The van der Waals surface area contributed by atoms with Crippen LogP contribution in [0.15, 0.2) is 5.38 Å². The minimum Gasteiger partial charge on any atom is -0.461 e. The van der Waals surface area contributed by atoms with E-state index in [9.17, 15) is 4.79 Å². The van der Waals surface area contributed by atoms with Gasteiger partial charge in [0.05, 0.1) is 12.3 Å². The van der Waals surface area contributed by atoms with Gasteiger partial charge < -0.3 is 10.5 Å². The van der Waals surface area contributed by atoms with Crippen LogP contribution in [-0.2, 0) is 4.74 Å². The molecular formula is C11H15N3O2S. The van der Waals surface area contributed by atoms with Crippen molar-refractivity contribution in [2.45, 2.75) is 26.7 Å². The van der Waals surface area contributed by atoms with Gasteiger partial charge in [0.2, 0.25) is 0 Å². The Morgan fingerprint density at radius 1 is 1.65 bits per heavy atom. The average molecular weight is 253 g/mol. The van der Waals surface area contributed by atoms with Crippen LogP contribution in [0.2, 0.25) is 0 Å². The molecule has 2 aromatic rings. The third-order valence-electron chi connectivity index (χ3n) is 2.46. The number of carbonyl (C=O) groups is 1. The highest BCUT2D eigenvalue weighted by molar-refractivity contribution is 7.15. The van der Waals surface area contributed by atoms with Crippen molar-refractivity contribution in [2.75, 3.05) is 12.3 Å². The Morgan fingerprint density at radius 2 is 2.35 bits per heavy atom. The number of anilines is 1. The number of carbonyl (C=O) groups excluding carboxylic acids is 1. The molecule has 0 atom stereocenters. The highest BCUT2D eigenvalue weighted by atomic mass is 32.1. The van der Waals surface area contributed by atoms with E-state index in [-0.39, 0.29) is 11.9 Å². The lowest BCUT2D eigenvalue weighted by Gasteiger charge is -2.03. The van der Waals surface area contributed by atoms with E-state index in [1.807, 2.05) is 13.8 Å². The number of hydrogen-bond donors (Lipinski definition) is 1. The number of imidazole rings is 1. The van der Waals surface area contributed by atoms with Gasteiger partial charge in [-0.15, -0.1) is 11.3 Å². The van der Waals surface area contributed by atoms with Gasteiger partial charge in [-0.1, -0.05) is 13.8 Å². The topological polar surface area (TPSA) is 69.6 Å². The molecule has 0 unspecified atom stereocenters. The highest BCUT2D eigenvalue weighted by Crippen LogP contribution is 2.27. The number of nitrogens with zero attached hydrogens (tertiary/aromatic N) is 2. The van der Waals surface area contributed by atoms with E-state index in [1.54, 1.807) is 16.7 Å². The zero-order valence-corrected chi connectivity index (χ0v) is 10.9. The minimum atomic E-state index is -0.363. The molecule has 0 aromatic carbocycles. The van der Waals surface area contributed by atoms with Crippen LogP contribution < -0.4 is 5.73 Å². The first-order chi connectivity index (χ1) is 8.06. The standard InChI is InChI=1S/C11H15N3O2S/c1-4-16-10(15)7-5-17-11-13-8(6(2)3)9(12)14(7)11/h5-6H,4,12H2,1-3H3. The Labute approximate surface area is 103 Å². The summed E-state index contributed by atoms with van der Waals surface area (Å²) in [6, 6.07) is 0. The van der Waals surface area contributed by atoms with E-state index >= 15 is 0 Å². The summed E-state index contributed by atoms with van der Waals surface area (Å²) in [5, 5.41) is 1.72.